The van der Waals surface area contributed by atoms with Crippen LogP contribution in [0.5, 0.6) is 0 Å². The first-order valence-electron chi connectivity index (χ1n) is 7.35. The SMILES string of the molecule is O=C(O)C[C@@H]1CC[C@H](NC(O)/C(=C\CO)c2cccs2)B(O)O1. The zero-order valence-corrected chi connectivity index (χ0v) is 13.3. The monoisotopic (exact) mass is 341 g/mol. The molecule has 1 aromatic heterocycles. The van der Waals surface area contributed by atoms with Crippen molar-refractivity contribution in [2.24, 2.45) is 0 Å². The van der Waals surface area contributed by atoms with Crippen LogP contribution in [0.15, 0.2) is 23.6 Å². The van der Waals surface area contributed by atoms with E-state index in [0.29, 0.717) is 18.4 Å². The van der Waals surface area contributed by atoms with Gasteiger partial charge in [0.2, 0.25) is 0 Å². The fourth-order valence-corrected chi connectivity index (χ4v) is 3.35. The van der Waals surface area contributed by atoms with E-state index in [0.717, 1.165) is 4.88 Å². The quantitative estimate of drug-likeness (QED) is 0.352. The number of rotatable bonds is 7. The minimum atomic E-state index is -1.19. The lowest BCUT2D eigenvalue weighted by Crippen LogP contribution is -2.54. The number of hydrogen-bond acceptors (Lipinski definition) is 7. The molecule has 0 spiro atoms. The highest BCUT2D eigenvalue weighted by molar-refractivity contribution is 7.11. The zero-order chi connectivity index (χ0) is 16.8. The Bertz CT molecular complexity index is 537. The fourth-order valence-electron chi connectivity index (χ4n) is 2.56. The smallest absolute Gasteiger partial charge is 0.472 e. The number of nitrogens with one attached hydrogen (secondary N) is 1. The molecule has 9 heteroatoms. The van der Waals surface area contributed by atoms with Crippen LogP contribution in [-0.2, 0) is 9.45 Å². The zero-order valence-electron chi connectivity index (χ0n) is 12.5. The average Bonchev–Trinajstić information content (AvgIpc) is 3.00. The Morgan fingerprint density at radius 1 is 1.57 bits per heavy atom. The summed E-state index contributed by atoms with van der Waals surface area (Å²) in [6, 6.07) is 3.67. The highest BCUT2D eigenvalue weighted by Crippen LogP contribution is 2.24. The van der Waals surface area contributed by atoms with Crippen molar-refractivity contribution in [1.29, 1.82) is 0 Å². The number of thiophene rings is 1. The molecule has 23 heavy (non-hydrogen) atoms. The van der Waals surface area contributed by atoms with Crippen LogP contribution >= 0.6 is 11.3 Å². The Hall–Kier alpha value is -1.23. The van der Waals surface area contributed by atoms with Gasteiger partial charge in [0.05, 0.1) is 19.1 Å². The minimum absolute atomic E-state index is 0.156. The molecule has 7 nitrogen and oxygen atoms in total. The van der Waals surface area contributed by atoms with Gasteiger partial charge in [-0.2, -0.15) is 0 Å². The maximum atomic E-state index is 10.7. The Balaban J connectivity index is 1.96. The van der Waals surface area contributed by atoms with Crippen LogP contribution in [0.2, 0.25) is 0 Å². The molecule has 0 saturated carbocycles. The van der Waals surface area contributed by atoms with Crippen molar-refractivity contribution >= 4 is 30.0 Å². The maximum absolute atomic E-state index is 10.7. The Morgan fingerprint density at radius 3 is 2.91 bits per heavy atom. The number of carboxylic acid groups (broad SMARTS) is 1. The molecule has 0 amide bonds. The Labute approximate surface area is 138 Å². The molecule has 3 atom stereocenters. The summed E-state index contributed by atoms with van der Waals surface area (Å²) in [7, 11) is -1.19. The van der Waals surface area contributed by atoms with Gasteiger partial charge >= 0.3 is 13.1 Å². The predicted molar refractivity (Wildman–Crippen MR) is 86.6 cm³/mol. The standard InChI is InChI=1S/C14H20BNO6S/c17-6-5-10(11-2-1-7-23-11)14(20)16-12-4-3-9(8-13(18)19)22-15(12)21/h1-2,5,7,9,12,14,16-17,20-21H,3-4,6,8H2,(H,18,19)/b10-5-/t9-,12-,14?/m0/s1. The third kappa shape index (κ3) is 5.13. The van der Waals surface area contributed by atoms with Crippen molar-refractivity contribution in [2.45, 2.75) is 37.5 Å². The topological polar surface area (TPSA) is 119 Å². The van der Waals surface area contributed by atoms with Gasteiger partial charge in [-0.15, -0.1) is 11.3 Å². The molecule has 0 aliphatic carbocycles. The number of carboxylic acids is 1. The molecule has 1 saturated heterocycles. The van der Waals surface area contributed by atoms with Crippen LogP contribution in [0.4, 0.5) is 0 Å². The van der Waals surface area contributed by atoms with Gasteiger partial charge in [0.1, 0.15) is 6.23 Å². The van der Waals surface area contributed by atoms with Crippen molar-refractivity contribution in [3.05, 3.63) is 28.5 Å². The van der Waals surface area contributed by atoms with E-state index in [1.54, 1.807) is 0 Å². The largest absolute Gasteiger partial charge is 0.481 e. The van der Waals surface area contributed by atoms with Gasteiger partial charge in [0, 0.05) is 16.4 Å². The van der Waals surface area contributed by atoms with Gasteiger partial charge in [-0.3, -0.25) is 10.1 Å². The minimum Gasteiger partial charge on any atom is -0.481 e. The predicted octanol–water partition coefficient (Wildman–Crippen LogP) is 0.0738. The molecule has 0 bridgehead atoms. The third-order valence-corrected chi connectivity index (χ3v) is 4.58. The second-order valence-electron chi connectivity index (χ2n) is 5.32. The summed E-state index contributed by atoms with van der Waals surface area (Å²) >= 11 is 1.43. The van der Waals surface area contributed by atoms with Crippen LogP contribution in [-0.4, -0.2) is 58.3 Å². The van der Waals surface area contributed by atoms with Crippen LogP contribution in [0.25, 0.3) is 5.57 Å². The summed E-state index contributed by atoms with van der Waals surface area (Å²) in [5, 5.41) is 43.0. The lowest BCUT2D eigenvalue weighted by atomic mass is 9.72. The molecule has 1 aromatic rings. The van der Waals surface area contributed by atoms with E-state index in [9.17, 15) is 14.9 Å². The van der Waals surface area contributed by atoms with E-state index in [2.05, 4.69) is 5.32 Å². The molecule has 0 radical (unpaired) electrons. The molecule has 1 unspecified atom stereocenters. The molecule has 0 aromatic carbocycles. The van der Waals surface area contributed by atoms with Crippen molar-refractivity contribution in [2.75, 3.05) is 6.61 Å². The number of aliphatic hydroxyl groups excluding tert-OH is 2. The van der Waals surface area contributed by atoms with Crippen LogP contribution in [0, 0.1) is 0 Å². The normalized spacial score (nSPS) is 23.8. The van der Waals surface area contributed by atoms with Gasteiger partial charge < -0.3 is 25.0 Å². The van der Waals surface area contributed by atoms with Gasteiger partial charge in [0.15, 0.2) is 0 Å². The van der Waals surface area contributed by atoms with Gasteiger partial charge in [-0.25, -0.2) is 0 Å². The van der Waals surface area contributed by atoms with E-state index in [-0.39, 0.29) is 13.0 Å². The Kier molecular flexibility index (Phi) is 6.76. The van der Waals surface area contributed by atoms with Gasteiger partial charge in [-0.05, 0) is 24.3 Å². The summed E-state index contributed by atoms with van der Waals surface area (Å²) in [6.45, 7) is -0.212. The number of aliphatic carboxylic acids is 1. The van der Waals surface area contributed by atoms with Crippen LogP contribution in [0.1, 0.15) is 24.1 Å². The number of carbonyl (C=O) groups is 1. The lowest BCUT2D eigenvalue weighted by Gasteiger charge is -2.32. The molecule has 126 valence electrons. The average molecular weight is 341 g/mol. The highest BCUT2D eigenvalue weighted by Gasteiger charge is 2.37. The number of hydrogen-bond donors (Lipinski definition) is 5. The molecule has 1 aliphatic rings. The fraction of sp³-hybridized carbons (Fsp3) is 0.500. The lowest BCUT2D eigenvalue weighted by molar-refractivity contribution is -0.139. The summed E-state index contributed by atoms with van der Waals surface area (Å²) in [6.07, 6.45) is 0.713. The molecule has 1 aliphatic heterocycles. The molecule has 2 rings (SSSR count). The summed E-state index contributed by atoms with van der Waals surface area (Å²) in [4.78, 5) is 11.5. The van der Waals surface area contributed by atoms with Gasteiger partial charge in [-0.1, -0.05) is 12.1 Å². The molecule has 1 fully saturated rings. The summed E-state index contributed by atoms with van der Waals surface area (Å²) < 4.78 is 5.28. The van der Waals surface area contributed by atoms with Crippen molar-refractivity contribution in [1.82, 2.24) is 5.32 Å². The van der Waals surface area contributed by atoms with E-state index in [1.165, 1.54) is 17.4 Å². The molecular weight excluding hydrogens is 321 g/mol. The first-order chi connectivity index (χ1) is 11.0. The molecular formula is C14H20BNO6S. The molecule has 2 heterocycles. The number of aliphatic hydroxyl groups is 2. The first kappa shape index (κ1) is 18.1. The van der Waals surface area contributed by atoms with Crippen molar-refractivity contribution in [3.63, 3.8) is 0 Å². The van der Waals surface area contributed by atoms with E-state index in [1.807, 2.05) is 17.5 Å². The summed E-state index contributed by atoms with van der Waals surface area (Å²) in [5.74, 6) is -1.49. The van der Waals surface area contributed by atoms with Crippen molar-refractivity contribution in [3.8, 4) is 0 Å². The van der Waals surface area contributed by atoms with Crippen molar-refractivity contribution < 1.29 is 29.8 Å². The second kappa shape index (κ2) is 8.58. The Morgan fingerprint density at radius 2 is 2.35 bits per heavy atom. The summed E-state index contributed by atoms with van der Waals surface area (Å²) in [5.41, 5.74) is 0.530. The van der Waals surface area contributed by atoms with E-state index >= 15 is 0 Å². The molecule has 5 N–H and O–H groups in total. The first-order valence-corrected chi connectivity index (χ1v) is 8.23. The van der Waals surface area contributed by atoms with Gasteiger partial charge in [0.25, 0.3) is 0 Å². The van der Waals surface area contributed by atoms with E-state index in [4.69, 9.17) is 14.9 Å². The maximum Gasteiger partial charge on any atom is 0.472 e. The van der Waals surface area contributed by atoms with E-state index < -0.39 is 31.4 Å². The van der Waals surface area contributed by atoms with Crippen LogP contribution < -0.4 is 5.32 Å². The second-order valence-corrected chi connectivity index (χ2v) is 6.27. The van der Waals surface area contributed by atoms with Crippen LogP contribution in [0.3, 0.4) is 0 Å². The highest BCUT2D eigenvalue weighted by atomic mass is 32.1. The third-order valence-electron chi connectivity index (χ3n) is 3.66.